The Balaban J connectivity index is 1.83. The van der Waals surface area contributed by atoms with Gasteiger partial charge in [0.2, 0.25) is 5.95 Å². The summed E-state index contributed by atoms with van der Waals surface area (Å²) in [6.07, 6.45) is 0. The van der Waals surface area contributed by atoms with Crippen molar-refractivity contribution in [3.8, 4) is 17.0 Å². The maximum absolute atomic E-state index is 6.00. The summed E-state index contributed by atoms with van der Waals surface area (Å²) in [6.45, 7) is 6.77. The number of aromatic amines is 1. The molecule has 0 amide bonds. The molecule has 9 nitrogen and oxygen atoms in total. The van der Waals surface area contributed by atoms with Crippen molar-refractivity contribution in [2.45, 2.75) is 19.9 Å². The normalized spacial score (nSPS) is 17.1. The number of nitrogens with two attached hydrogens (primary N) is 1. The van der Waals surface area contributed by atoms with Gasteiger partial charge in [-0.15, -0.1) is 0 Å². The summed E-state index contributed by atoms with van der Waals surface area (Å²) in [4.78, 5) is 11.6. The van der Waals surface area contributed by atoms with E-state index >= 15 is 0 Å². The first-order valence-electron chi connectivity index (χ1n) is 9.42. The van der Waals surface area contributed by atoms with Crippen LogP contribution in [-0.2, 0) is 4.74 Å². The van der Waals surface area contributed by atoms with Gasteiger partial charge in [0.15, 0.2) is 5.82 Å². The molecule has 0 radical (unpaired) electrons. The first kappa shape index (κ1) is 18.3. The van der Waals surface area contributed by atoms with Crippen LogP contribution in [-0.4, -0.2) is 59.6 Å². The van der Waals surface area contributed by atoms with Gasteiger partial charge in [0.1, 0.15) is 11.6 Å². The molecule has 9 heteroatoms. The maximum Gasteiger partial charge on any atom is 0.224 e. The molecule has 1 aromatic carbocycles. The number of benzene rings is 1. The van der Waals surface area contributed by atoms with E-state index in [0.29, 0.717) is 37.3 Å². The van der Waals surface area contributed by atoms with Crippen molar-refractivity contribution in [2.24, 2.45) is 0 Å². The fraction of sp³-hybridized carbons (Fsp3) is 0.421. The van der Waals surface area contributed by atoms with Gasteiger partial charge in [-0.3, -0.25) is 5.10 Å². The first-order chi connectivity index (χ1) is 13.6. The Hall–Kier alpha value is -3.07. The first-order valence-corrected chi connectivity index (χ1v) is 9.42. The Bertz CT molecular complexity index is 988. The van der Waals surface area contributed by atoms with Crippen LogP contribution in [0.15, 0.2) is 18.2 Å². The number of nitrogen functional groups attached to an aromatic ring is 1. The molecule has 0 saturated carbocycles. The number of morpholine rings is 1. The molecular formula is C19H25N7O2. The fourth-order valence-electron chi connectivity index (χ4n) is 3.47. The van der Waals surface area contributed by atoms with Crippen LogP contribution in [0.3, 0.4) is 0 Å². The van der Waals surface area contributed by atoms with E-state index in [4.69, 9.17) is 15.2 Å². The van der Waals surface area contributed by atoms with Crippen LogP contribution in [0.5, 0.6) is 5.75 Å². The summed E-state index contributed by atoms with van der Waals surface area (Å²) in [6, 6.07) is 6.18. The predicted molar refractivity (Wildman–Crippen MR) is 110 cm³/mol. The number of nitrogens with one attached hydrogen (secondary N) is 2. The van der Waals surface area contributed by atoms with Crippen LogP contribution in [0.4, 0.5) is 17.6 Å². The van der Waals surface area contributed by atoms with Crippen molar-refractivity contribution in [1.29, 1.82) is 0 Å². The number of hydrogen-bond acceptors (Lipinski definition) is 8. The Morgan fingerprint density at radius 1 is 1.36 bits per heavy atom. The summed E-state index contributed by atoms with van der Waals surface area (Å²) in [7, 11) is 1.82. The van der Waals surface area contributed by atoms with E-state index in [2.05, 4.69) is 37.3 Å². The Labute approximate surface area is 163 Å². The van der Waals surface area contributed by atoms with Gasteiger partial charge in [-0.1, -0.05) is 0 Å². The van der Waals surface area contributed by atoms with Gasteiger partial charge in [0, 0.05) is 25.2 Å². The van der Waals surface area contributed by atoms with Crippen LogP contribution in [0.1, 0.15) is 13.8 Å². The Kier molecular flexibility index (Phi) is 4.91. The van der Waals surface area contributed by atoms with Gasteiger partial charge >= 0.3 is 0 Å². The molecule has 0 spiro atoms. The minimum atomic E-state index is 0.245. The van der Waals surface area contributed by atoms with Gasteiger partial charge in [0.05, 0.1) is 42.5 Å². The Morgan fingerprint density at radius 3 is 2.96 bits per heavy atom. The molecule has 3 aromatic rings. The second kappa shape index (κ2) is 7.51. The van der Waals surface area contributed by atoms with Crippen molar-refractivity contribution in [3.05, 3.63) is 18.2 Å². The second-order valence-corrected chi connectivity index (χ2v) is 6.74. The van der Waals surface area contributed by atoms with Crippen molar-refractivity contribution in [3.63, 3.8) is 0 Å². The van der Waals surface area contributed by atoms with E-state index in [0.717, 1.165) is 34.5 Å². The highest BCUT2D eigenvalue weighted by Gasteiger charge is 2.22. The van der Waals surface area contributed by atoms with Crippen LogP contribution in [0.2, 0.25) is 0 Å². The van der Waals surface area contributed by atoms with Crippen LogP contribution >= 0.6 is 0 Å². The number of fused-ring (bicyclic) bond motifs is 1. The van der Waals surface area contributed by atoms with E-state index in [1.54, 1.807) is 0 Å². The lowest BCUT2D eigenvalue weighted by molar-refractivity contribution is 0.0985. The van der Waals surface area contributed by atoms with Gasteiger partial charge in [0.25, 0.3) is 0 Å². The van der Waals surface area contributed by atoms with Crippen molar-refractivity contribution in [2.75, 3.05) is 49.4 Å². The lowest BCUT2D eigenvalue weighted by atomic mass is 10.1. The minimum absolute atomic E-state index is 0.245. The summed E-state index contributed by atoms with van der Waals surface area (Å²) >= 11 is 0. The predicted octanol–water partition coefficient (Wildman–Crippen LogP) is 2.27. The highest BCUT2D eigenvalue weighted by Crippen LogP contribution is 2.35. The molecular weight excluding hydrogens is 358 g/mol. The smallest absolute Gasteiger partial charge is 0.224 e. The minimum Gasteiger partial charge on any atom is -0.493 e. The third-order valence-corrected chi connectivity index (χ3v) is 4.85. The van der Waals surface area contributed by atoms with Crippen molar-refractivity contribution >= 4 is 28.5 Å². The van der Waals surface area contributed by atoms with E-state index in [1.165, 1.54) is 0 Å². The molecule has 1 aliphatic heterocycles. The zero-order valence-electron chi connectivity index (χ0n) is 16.3. The van der Waals surface area contributed by atoms with E-state index in [-0.39, 0.29) is 6.04 Å². The molecule has 28 heavy (non-hydrogen) atoms. The average Bonchev–Trinajstić information content (AvgIpc) is 3.09. The number of anilines is 3. The maximum atomic E-state index is 6.00. The van der Waals surface area contributed by atoms with Gasteiger partial charge in [-0.25, -0.2) is 4.98 Å². The summed E-state index contributed by atoms with van der Waals surface area (Å²) in [5.74, 6) is 2.54. The molecule has 148 valence electrons. The van der Waals surface area contributed by atoms with E-state index < -0.39 is 0 Å². The number of hydrogen-bond donors (Lipinski definition) is 3. The van der Waals surface area contributed by atoms with E-state index in [1.807, 2.05) is 32.2 Å². The molecule has 0 bridgehead atoms. The molecule has 1 aliphatic rings. The summed E-state index contributed by atoms with van der Waals surface area (Å²) in [5.41, 5.74) is 8.51. The van der Waals surface area contributed by atoms with Gasteiger partial charge in [-0.05, 0) is 26.0 Å². The third kappa shape index (κ3) is 3.29. The molecule has 1 fully saturated rings. The zero-order chi connectivity index (χ0) is 19.7. The van der Waals surface area contributed by atoms with Gasteiger partial charge in [-0.2, -0.15) is 10.1 Å². The molecule has 1 saturated heterocycles. The largest absolute Gasteiger partial charge is 0.493 e. The number of rotatable bonds is 5. The van der Waals surface area contributed by atoms with E-state index in [9.17, 15) is 0 Å². The monoisotopic (exact) mass is 383 g/mol. The molecule has 0 aliphatic carbocycles. The SMILES string of the molecule is CCOc1cc(-c2cc(N3CCOCC3C)nc(NC)n2)cc2[nH]nc(N)c12. The molecule has 1 unspecified atom stereocenters. The number of H-pyrrole nitrogens is 1. The average molecular weight is 383 g/mol. The Morgan fingerprint density at radius 2 is 2.21 bits per heavy atom. The topological polar surface area (TPSA) is 114 Å². The molecule has 1 atom stereocenters. The number of aromatic nitrogens is 4. The summed E-state index contributed by atoms with van der Waals surface area (Å²) in [5, 5.41) is 10.9. The number of ether oxygens (including phenoxy) is 2. The third-order valence-electron chi connectivity index (χ3n) is 4.85. The fourth-order valence-corrected chi connectivity index (χ4v) is 3.47. The quantitative estimate of drug-likeness (QED) is 0.615. The van der Waals surface area contributed by atoms with Crippen LogP contribution in [0, 0.1) is 0 Å². The van der Waals surface area contributed by atoms with Crippen LogP contribution in [0.25, 0.3) is 22.2 Å². The highest BCUT2D eigenvalue weighted by atomic mass is 16.5. The standard InChI is InChI=1S/C19H25N7O2/c1-4-28-15-8-12(7-14-17(15)18(20)25-24-14)13-9-16(23-19(21-3)22-13)26-5-6-27-10-11(26)2/h7-9,11H,4-6,10H2,1-3H3,(H3,20,24,25)(H,21,22,23). The van der Waals surface area contributed by atoms with Crippen LogP contribution < -0.4 is 20.7 Å². The zero-order valence-corrected chi connectivity index (χ0v) is 16.3. The molecule has 2 aromatic heterocycles. The summed E-state index contributed by atoms with van der Waals surface area (Å²) < 4.78 is 11.4. The molecule has 4 N–H and O–H groups in total. The lowest BCUT2D eigenvalue weighted by Gasteiger charge is -2.34. The van der Waals surface area contributed by atoms with Crippen molar-refractivity contribution in [1.82, 2.24) is 20.2 Å². The lowest BCUT2D eigenvalue weighted by Crippen LogP contribution is -2.44. The highest BCUT2D eigenvalue weighted by molar-refractivity contribution is 5.97. The number of nitrogens with zero attached hydrogens (tertiary/aromatic N) is 4. The van der Waals surface area contributed by atoms with Gasteiger partial charge < -0.3 is 25.4 Å². The molecule has 3 heterocycles. The van der Waals surface area contributed by atoms with Crippen molar-refractivity contribution < 1.29 is 9.47 Å². The second-order valence-electron chi connectivity index (χ2n) is 6.74. The molecule has 4 rings (SSSR count).